The van der Waals surface area contributed by atoms with E-state index in [9.17, 15) is 0 Å². The average Bonchev–Trinajstić information content (AvgIpc) is 2.76. The zero-order valence-corrected chi connectivity index (χ0v) is 17.3. The molecule has 0 aliphatic carbocycles. The van der Waals surface area contributed by atoms with E-state index in [1.54, 1.807) is 4.90 Å². The molecule has 1 aliphatic rings. The van der Waals surface area contributed by atoms with Gasteiger partial charge in [-0.1, -0.05) is 96.6 Å². The third-order valence-corrected chi connectivity index (χ3v) is 6.20. The number of thiocarbonyl (C=S) groups is 1. The largest absolute Gasteiger partial charge is 0.351 e. The van der Waals surface area contributed by atoms with Crippen molar-refractivity contribution in [2.24, 2.45) is 0 Å². The molecule has 0 spiro atoms. The summed E-state index contributed by atoms with van der Waals surface area (Å²) in [6.07, 6.45) is 0. The van der Waals surface area contributed by atoms with Gasteiger partial charge in [0.1, 0.15) is 11.0 Å². The van der Waals surface area contributed by atoms with E-state index in [4.69, 9.17) is 23.8 Å². The second-order valence-corrected chi connectivity index (χ2v) is 8.03. The van der Waals surface area contributed by atoms with Crippen LogP contribution < -0.4 is 4.90 Å². The Balaban J connectivity index is 1.50. The van der Waals surface area contributed by atoms with Crippen molar-refractivity contribution in [3.05, 3.63) is 107 Å². The summed E-state index contributed by atoms with van der Waals surface area (Å²) < 4.78 is 0. The molecule has 0 atom stereocenters. The van der Waals surface area contributed by atoms with E-state index in [1.807, 2.05) is 24.3 Å². The summed E-state index contributed by atoms with van der Waals surface area (Å²) in [7, 11) is 0. The topological polar surface area (TPSA) is 7.68 Å². The molecule has 1 aliphatic heterocycles. The normalized spacial score (nSPS) is 15.0. The van der Waals surface area contributed by atoms with Gasteiger partial charge < -0.3 is 9.80 Å². The van der Waals surface area contributed by atoms with Crippen molar-refractivity contribution in [3.8, 4) is 0 Å². The first-order chi connectivity index (χ1) is 13.7. The quantitative estimate of drug-likeness (QED) is 0.653. The minimum atomic E-state index is 0.355. The lowest BCUT2D eigenvalue weighted by Gasteiger charge is -2.38. The van der Waals surface area contributed by atoms with E-state index in [-0.39, 0.29) is 0 Å². The van der Waals surface area contributed by atoms with Crippen molar-refractivity contribution in [1.29, 1.82) is 0 Å². The van der Waals surface area contributed by atoms with Crippen LogP contribution in [0.5, 0.6) is 0 Å². The van der Waals surface area contributed by atoms with Crippen LogP contribution >= 0.6 is 23.8 Å². The molecule has 0 saturated carbocycles. The molecule has 1 fully saturated rings. The van der Waals surface area contributed by atoms with Gasteiger partial charge in [0.2, 0.25) is 0 Å². The van der Waals surface area contributed by atoms with Gasteiger partial charge in [-0.15, -0.1) is 0 Å². The van der Waals surface area contributed by atoms with Crippen LogP contribution in [0.4, 0.5) is 0 Å². The van der Waals surface area contributed by atoms with Crippen LogP contribution in [0.3, 0.4) is 0 Å². The molecule has 3 aromatic rings. The lowest BCUT2D eigenvalue weighted by Crippen LogP contribution is -3.15. The van der Waals surface area contributed by atoms with Gasteiger partial charge in [-0.3, -0.25) is 0 Å². The number of rotatable bonds is 4. The summed E-state index contributed by atoms with van der Waals surface area (Å²) in [4.78, 5) is 4.84. The second-order valence-electron chi connectivity index (χ2n) is 7.21. The highest BCUT2D eigenvalue weighted by atomic mass is 35.5. The van der Waals surface area contributed by atoms with Gasteiger partial charge in [-0.2, -0.15) is 0 Å². The van der Waals surface area contributed by atoms with E-state index >= 15 is 0 Å². The van der Waals surface area contributed by atoms with E-state index in [1.165, 1.54) is 11.1 Å². The van der Waals surface area contributed by atoms with Gasteiger partial charge in [0.15, 0.2) is 0 Å². The van der Waals surface area contributed by atoms with Gasteiger partial charge >= 0.3 is 0 Å². The SMILES string of the molecule is S=C(c1ccc(Cl)cc1)N1CC[NH+](C(c2ccccc2)c2ccccc2)CC1. The molecule has 2 nitrogen and oxygen atoms in total. The summed E-state index contributed by atoms with van der Waals surface area (Å²) in [6.45, 7) is 4.05. The first-order valence-corrected chi connectivity index (χ1v) is 10.5. The number of nitrogens with one attached hydrogen (secondary N) is 1. The molecule has 0 radical (unpaired) electrons. The minimum Gasteiger partial charge on any atom is -0.351 e. The molecule has 4 heteroatoms. The van der Waals surface area contributed by atoms with Crippen molar-refractivity contribution in [1.82, 2.24) is 4.90 Å². The number of hydrogen-bond acceptors (Lipinski definition) is 1. The summed E-state index contributed by atoms with van der Waals surface area (Å²) in [5, 5.41) is 0.745. The van der Waals surface area contributed by atoms with Gasteiger partial charge in [0.05, 0.1) is 26.2 Å². The molecular formula is C24H24ClN2S+. The maximum atomic E-state index is 6.01. The monoisotopic (exact) mass is 407 g/mol. The lowest BCUT2D eigenvalue weighted by molar-refractivity contribution is -0.929. The van der Waals surface area contributed by atoms with Crippen molar-refractivity contribution >= 4 is 28.8 Å². The number of nitrogens with zero attached hydrogens (tertiary/aromatic N) is 1. The van der Waals surface area contributed by atoms with Crippen LogP contribution in [0.25, 0.3) is 0 Å². The van der Waals surface area contributed by atoms with E-state index < -0.39 is 0 Å². The third kappa shape index (κ3) is 4.27. The first-order valence-electron chi connectivity index (χ1n) is 9.72. The Morgan fingerprint density at radius 1 is 0.786 bits per heavy atom. The van der Waals surface area contributed by atoms with E-state index in [0.717, 1.165) is 41.8 Å². The van der Waals surface area contributed by atoms with Crippen molar-refractivity contribution in [2.75, 3.05) is 26.2 Å². The van der Waals surface area contributed by atoms with Crippen LogP contribution in [0.2, 0.25) is 5.02 Å². The fraction of sp³-hybridized carbons (Fsp3) is 0.208. The van der Waals surface area contributed by atoms with Crippen LogP contribution in [0.15, 0.2) is 84.9 Å². The molecular weight excluding hydrogens is 384 g/mol. The third-order valence-electron chi connectivity index (χ3n) is 5.46. The molecule has 0 bridgehead atoms. The fourth-order valence-corrected chi connectivity index (χ4v) is 4.46. The summed E-state index contributed by atoms with van der Waals surface area (Å²) >= 11 is 11.8. The molecule has 0 unspecified atom stereocenters. The highest BCUT2D eigenvalue weighted by Crippen LogP contribution is 2.20. The molecule has 3 aromatic carbocycles. The Morgan fingerprint density at radius 2 is 1.29 bits per heavy atom. The molecule has 142 valence electrons. The van der Waals surface area contributed by atoms with Crippen LogP contribution in [0.1, 0.15) is 22.7 Å². The standard InChI is InChI=1S/C24H23ClN2S/c25-22-13-11-21(12-14-22)24(28)27-17-15-26(16-18-27)23(19-7-3-1-4-8-19)20-9-5-2-6-10-20/h1-14,23H,15-18H2/p+1. The summed E-state index contributed by atoms with van der Waals surface area (Å²) in [5.74, 6) is 0. The highest BCUT2D eigenvalue weighted by molar-refractivity contribution is 7.80. The molecule has 1 heterocycles. The van der Waals surface area contributed by atoms with Crippen molar-refractivity contribution in [3.63, 3.8) is 0 Å². The molecule has 4 rings (SSSR count). The van der Waals surface area contributed by atoms with E-state index in [0.29, 0.717) is 6.04 Å². The van der Waals surface area contributed by atoms with Gasteiger partial charge in [0, 0.05) is 21.7 Å². The number of hydrogen-bond donors (Lipinski definition) is 1. The molecule has 28 heavy (non-hydrogen) atoms. The maximum Gasteiger partial charge on any atom is 0.139 e. The number of benzene rings is 3. The zero-order valence-electron chi connectivity index (χ0n) is 15.7. The van der Waals surface area contributed by atoms with Gasteiger partial charge in [0.25, 0.3) is 0 Å². The smallest absolute Gasteiger partial charge is 0.139 e. The lowest BCUT2D eigenvalue weighted by atomic mass is 9.96. The van der Waals surface area contributed by atoms with Gasteiger partial charge in [-0.05, 0) is 12.1 Å². The Morgan fingerprint density at radius 3 is 1.79 bits per heavy atom. The van der Waals surface area contributed by atoms with E-state index in [2.05, 4.69) is 65.6 Å². The molecule has 1 N–H and O–H groups in total. The Bertz CT molecular complexity index is 865. The van der Waals surface area contributed by atoms with Crippen molar-refractivity contribution < 1.29 is 4.90 Å². The predicted molar refractivity (Wildman–Crippen MR) is 120 cm³/mol. The Hall–Kier alpha value is -2.20. The zero-order chi connectivity index (χ0) is 19.3. The number of halogens is 1. The number of quaternary nitrogens is 1. The van der Waals surface area contributed by atoms with Crippen LogP contribution in [0, 0.1) is 0 Å². The molecule has 1 saturated heterocycles. The van der Waals surface area contributed by atoms with Crippen LogP contribution in [-0.2, 0) is 0 Å². The Labute approximate surface area is 177 Å². The predicted octanol–water partition coefficient (Wildman–Crippen LogP) is 4.01. The first kappa shape index (κ1) is 19.1. The maximum absolute atomic E-state index is 6.01. The average molecular weight is 408 g/mol. The summed E-state index contributed by atoms with van der Waals surface area (Å²) in [5.41, 5.74) is 3.82. The van der Waals surface area contributed by atoms with Crippen LogP contribution in [-0.4, -0.2) is 36.1 Å². The molecule has 0 aromatic heterocycles. The second kappa shape index (κ2) is 8.87. The molecule has 0 amide bonds. The fourth-order valence-electron chi connectivity index (χ4n) is 4.02. The Kier molecular flexibility index (Phi) is 6.06. The van der Waals surface area contributed by atoms with Crippen molar-refractivity contribution in [2.45, 2.75) is 6.04 Å². The highest BCUT2D eigenvalue weighted by Gasteiger charge is 2.30. The minimum absolute atomic E-state index is 0.355. The number of piperazine rings is 1. The van der Waals surface area contributed by atoms with Gasteiger partial charge in [-0.25, -0.2) is 0 Å². The summed E-state index contributed by atoms with van der Waals surface area (Å²) in [6, 6.07) is 29.9.